The van der Waals surface area contributed by atoms with Gasteiger partial charge in [0.15, 0.2) is 0 Å². The Kier molecular flexibility index (Phi) is 6.20. The van der Waals surface area contributed by atoms with Gasteiger partial charge in [0.2, 0.25) is 0 Å². The van der Waals surface area contributed by atoms with Gasteiger partial charge in [0.05, 0.1) is 11.1 Å². The number of halogens is 2. The Morgan fingerprint density at radius 1 is 1.09 bits per heavy atom. The van der Waals surface area contributed by atoms with E-state index >= 15 is 0 Å². The topological polar surface area (TPSA) is 89.5 Å². The Morgan fingerprint density at radius 3 is 2.56 bits per heavy atom. The molecule has 3 aromatic carbocycles. The van der Waals surface area contributed by atoms with Crippen LogP contribution < -0.4 is 5.43 Å². The Hall–Kier alpha value is -3.68. The van der Waals surface area contributed by atoms with E-state index in [-0.39, 0.29) is 11.3 Å². The number of hydrogen-bond donors (Lipinski definition) is 1. The Balaban J connectivity index is 1.54. The van der Waals surface area contributed by atoms with Crippen LogP contribution in [0.5, 0.6) is 0 Å². The van der Waals surface area contributed by atoms with Crippen molar-refractivity contribution in [1.82, 2.24) is 9.99 Å². The van der Waals surface area contributed by atoms with E-state index in [4.69, 9.17) is 23.2 Å². The lowest BCUT2D eigenvalue weighted by Gasteiger charge is -2.08. The number of hydrazone groups is 1. The predicted octanol–water partition coefficient (Wildman–Crippen LogP) is 5.67. The van der Waals surface area contributed by atoms with Gasteiger partial charge in [-0.05, 0) is 35.9 Å². The molecule has 0 radical (unpaired) electrons. The number of non-ortho nitro benzene ring substituents is 1. The summed E-state index contributed by atoms with van der Waals surface area (Å²) in [4.78, 5) is 22.5. The molecule has 32 heavy (non-hydrogen) atoms. The zero-order chi connectivity index (χ0) is 22.7. The van der Waals surface area contributed by atoms with Crippen molar-refractivity contribution in [2.24, 2.45) is 5.10 Å². The number of nitro groups is 1. The second-order valence-electron chi connectivity index (χ2n) is 6.97. The third kappa shape index (κ3) is 4.64. The SMILES string of the molecule is O=C(N/N=C/c1cn(Cc2ccc(Cl)cc2Cl)c2ccccc12)c1ccc([N+](=O)[O-])cc1. The monoisotopic (exact) mass is 466 g/mol. The maximum atomic E-state index is 12.3. The molecule has 9 heteroatoms. The number of para-hydroxylation sites is 1. The van der Waals surface area contributed by atoms with Crippen LogP contribution in [0.25, 0.3) is 10.9 Å². The van der Waals surface area contributed by atoms with Crippen LogP contribution in [0.2, 0.25) is 10.0 Å². The molecule has 0 saturated carbocycles. The number of carbonyl (C=O) groups is 1. The Morgan fingerprint density at radius 2 is 1.84 bits per heavy atom. The van der Waals surface area contributed by atoms with Gasteiger partial charge in [-0.2, -0.15) is 5.10 Å². The van der Waals surface area contributed by atoms with Gasteiger partial charge in [0.25, 0.3) is 11.6 Å². The summed E-state index contributed by atoms with van der Waals surface area (Å²) in [6.45, 7) is 0.541. The first-order valence-corrected chi connectivity index (χ1v) is 10.3. The fourth-order valence-corrected chi connectivity index (χ4v) is 3.77. The van der Waals surface area contributed by atoms with Crippen molar-refractivity contribution in [1.29, 1.82) is 0 Å². The maximum absolute atomic E-state index is 12.3. The molecule has 0 unspecified atom stereocenters. The summed E-state index contributed by atoms with van der Waals surface area (Å²) >= 11 is 12.3. The lowest BCUT2D eigenvalue weighted by molar-refractivity contribution is -0.384. The molecule has 1 heterocycles. The minimum atomic E-state index is -0.521. The summed E-state index contributed by atoms with van der Waals surface area (Å²) in [5.74, 6) is -0.465. The summed E-state index contributed by atoms with van der Waals surface area (Å²) in [7, 11) is 0. The molecule has 160 valence electrons. The highest BCUT2D eigenvalue weighted by Gasteiger charge is 2.11. The zero-order valence-corrected chi connectivity index (χ0v) is 18.0. The predicted molar refractivity (Wildman–Crippen MR) is 126 cm³/mol. The van der Waals surface area contributed by atoms with Crippen LogP contribution in [-0.4, -0.2) is 21.6 Å². The smallest absolute Gasteiger partial charge is 0.271 e. The van der Waals surface area contributed by atoms with Crippen LogP contribution in [0.1, 0.15) is 21.5 Å². The molecule has 1 amide bonds. The second-order valence-corrected chi connectivity index (χ2v) is 7.81. The quantitative estimate of drug-likeness (QED) is 0.225. The number of amides is 1. The number of nitro benzene ring substituents is 1. The molecule has 0 spiro atoms. The van der Waals surface area contributed by atoms with Gasteiger partial charge in [-0.15, -0.1) is 0 Å². The second kappa shape index (κ2) is 9.21. The number of carbonyl (C=O) groups excluding carboxylic acids is 1. The normalized spacial score (nSPS) is 11.2. The Bertz CT molecular complexity index is 1350. The Labute approximate surface area is 193 Å². The van der Waals surface area contributed by atoms with E-state index in [1.807, 2.05) is 41.1 Å². The van der Waals surface area contributed by atoms with E-state index in [2.05, 4.69) is 10.5 Å². The van der Waals surface area contributed by atoms with Gasteiger partial charge < -0.3 is 4.57 Å². The fourth-order valence-electron chi connectivity index (χ4n) is 3.30. The van der Waals surface area contributed by atoms with E-state index in [9.17, 15) is 14.9 Å². The van der Waals surface area contributed by atoms with Gasteiger partial charge in [0, 0.05) is 56.9 Å². The molecule has 0 aliphatic heterocycles. The molecule has 0 bridgehead atoms. The summed E-state index contributed by atoms with van der Waals surface area (Å²) < 4.78 is 2.05. The number of nitrogens with one attached hydrogen (secondary N) is 1. The van der Waals surface area contributed by atoms with Gasteiger partial charge in [-0.25, -0.2) is 5.43 Å². The molecule has 0 aliphatic rings. The third-order valence-corrected chi connectivity index (χ3v) is 5.47. The van der Waals surface area contributed by atoms with Gasteiger partial charge >= 0.3 is 0 Å². The molecule has 0 fully saturated rings. The highest BCUT2D eigenvalue weighted by molar-refractivity contribution is 6.35. The molecule has 0 atom stereocenters. The highest BCUT2D eigenvalue weighted by atomic mass is 35.5. The molecule has 1 aromatic heterocycles. The van der Waals surface area contributed by atoms with Gasteiger partial charge in [-0.1, -0.05) is 47.5 Å². The molecule has 4 rings (SSSR count). The zero-order valence-electron chi connectivity index (χ0n) is 16.5. The van der Waals surface area contributed by atoms with Crippen molar-refractivity contribution >= 4 is 51.9 Å². The average molecular weight is 467 g/mol. The molecule has 7 nitrogen and oxygen atoms in total. The average Bonchev–Trinajstić information content (AvgIpc) is 3.13. The van der Waals surface area contributed by atoms with Gasteiger partial charge in [-0.3, -0.25) is 14.9 Å². The van der Waals surface area contributed by atoms with E-state index in [1.54, 1.807) is 18.3 Å². The first kappa shape index (κ1) is 21.5. The van der Waals surface area contributed by atoms with Crippen molar-refractivity contribution in [3.05, 3.63) is 110 Å². The molecule has 0 aliphatic carbocycles. The summed E-state index contributed by atoms with van der Waals surface area (Å²) in [5, 5.41) is 16.9. The maximum Gasteiger partial charge on any atom is 0.271 e. The molecule has 4 aromatic rings. The van der Waals surface area contributed by atoms with Crippen LogP contribution >= 0.6 is 23.2 Å². The van der Waals surface area contributed by atoms with Crippen LogP contribution in [0, 0.1) is 10.1 Å². The van der Waals surface area contributed by atoms with Crippen molar-refractivity contribution in [3.63, 3.8) is 0 Å². The minimum Gasteiger partial charge on any atom is -0.342 e. The van der Waals surface area contributed by atoms with E-state index < -0.39 is 10.8 Å². The minimum absolute atomic E-state index is 0.0846. The van der Waals surface area contributed by atoms with Crippen molar-refractivity contribution in [3.8, 4) is 0 Å². The summed E-state index contributed by atoms with van der Waals surface area (Å²) in [5.41, 5.74) is 5.36. The fraction of sp³-hybridized carbons (Fsp3) is 0.0435. The van der Waals surface area contributed by atoms with Crippen molar-refractivity contribution in [2.45, 2.75) is 6.54 Å². The van der Waals surface area contributed by atoms with Crippen molar-refractivity contribution < 1.29 is 9.72 Å². The number of nitrogens with zero attached hydrogens (tertiary/aromatic N) is 3. The van der Waals surface area contributed by atoms with Crippen molar-refractivity contribution in [2.75, 3.05) is 0 Å². The molecular weight excluding hydrogens is 451 g/mol. The van der Waals surface area contributed by atoms with Crippen LogP contribution in [0.15, 0.2) is 78.0 Å². The van der Waals surface area contributed by atoms with Crippen LogP contribution in [0.3, 0.4) is 0 Å². The largest absolute Gasteiger partial charge is 0.342 e. The summed E-state index contributed by atoms with van der Waals surface area (Å²) in [6.07, 6.45) is 3.49. The summed E-state index contributed by atoms with van der Waals surface area (Å²) in [6, 6.07) is 18.5. The molecule has 1 N–H and O–H groups in total. The first-order valence-electron chi connectivity index (χ1n) is 9.52. The molecule has 0 saturated heterocycles. The molecular formula is C23H16Cl2N4O3. The van der Waals surface area contributed by atoms with Crippen LogP contribution in [0.4, 0.5) is 5.69 Å². The number of fused-ring (bicyclic) bond motifs is 1. The van der Waals surface area contributed by atoms with Crippen LogP contribution in [-0.2, 0) is 6.54 Å². The number of rotatable bonds is 6. The first-order chi connectivity index (χ1) is 15.4. The van der Waals surface area contributed by atoms with E-state index in [1.165, 1.54) is 24.3 Å². The lowest BCUT2D eigenvalue weighted by Crippen LogP contribution is -2.17. The standard InChI is InChI=1S/C23H16Cl2N4O3/c24-18-8-5-16(21(25)11-18)13-28-14-17(20-3-1-2-4-22(20)28)12-26-27-23(30)15-6-9-19(10-7-15)29(31)32/h1-12,14H,13H2,(H,27,30)/b26-12+. The van der Waals surface area contributed by atoms with E-state index in [0.29, 0.717) is 16.6 Å². The highest BCUT2D eigenvalue weighted by Crippen LogP contribution is 2.25. The number of hydrogen-bond acceptors (Lipinski definition) is 4. The number of aromatic nitrogens is 1. The van der Waals surface area contributed by atoms with Gasteiger partial charge in [0.1, 0.15) is 0 Å². The van der Waals surface area contributed by atoms with E-state index in [0.717, 1.165) is 22.0 Å². The lowest BCUT2D eigenvalue weighted by atomic mass is 10.2. The number of benzene rings is 3. The third-order valence-electron chi connectivity index (χ3n) is 4.89.